The first-order valence-corrected chi connectivity index (χ1v) is 7.90. The maximum atomic E-state index is 4.85. The molecule has 0 bridgehead atoms. The Bertz CT molecular complexity index is 1050. The van der Waals surface area contributed by atoms with Crippen LogP contribution in [0.2, 0.25) is 0 Å². The fourth-order valence-corrected chi connectivity index (χ4v) is 2.85. The van der Waals surface area contributed by atoms with Crippen LogP contribution in [-0.4, -0.2) is 31.9 Å². The minimum atomic E-state index is 0.820. The third-order valence-corrected chi connectivity index (χ3v) is 4.10. The molecule has 0 radical (unpaired) electrons. The van der Waals surface area contributed by atoms with E-state index >= 15 is 0 Å². The zero-order valence-corrected chi connectivity index (χ0v) is 14.0. The minimum absolute atomic E-state index is 0.820. The third kappa shape index (κ3) is 2.78. The summed E-state index contributed by atoms with van der Waals surface area (Å²) in [6, 6.07) is 14.3. The van der Waals surface area contributed by atoms with Crippen molar-refractivity contribution in [2.75, 3.05) is 7.11 Å². The number of hydrogen-bond acceptors (Lipinski definition) is 4. The number of oxime groups is 1. The van der Waals surface area contributed by atoms with E-state index in [1.807, 2.05) is 48.3 Å². The Morgan fingerprint density at radius 1 is 1.08 bits per heavy atom. The highest BCUT2D eigenvalue weighted by Gasteiger charge is 2.08. The summed E-state index contributed by atoms with van der Waals surface area (Å²) in [7, 11) is 1.55. The van der Waals surface area contributed by atoms with Crippen LogP contribution in [0, 0.1) is 0 Å². The molecule has 0 atom stereocenters. The van der Waals surface area contributed by atoms with Crippen LogP contribution in [0.4, 0.5) is 0 Å². The molecule has 0 aliphatic rings. The predicted octanol–water partition coefficient (Wildman–Crippen LogP) is 3.58. The van der Waals surface area contributed by atoms with Crippen molar-refractivity contribution in [3.8, 4) is 11.4 Å². The monoisotopic (exact) mass is 331 g/mol. The van der Waals surface area contributed by atoms with Gasteiger partial charge in [0.25, 0.3) is 0 Å². The summed E-state index contributed by atoms with van der Waals surface area (Å²) in [6.07, 6.45) is 7.32. The predicted molar refractivity (Wildman–Crippen MR) is 97.4 cm³/mol. The second-order valence-electron chi connectivity index (χ2n) is 5.67. The van der Waals surface area contributed by atoms with Gasteiger partial charge in [0.1, 0.15) is 13.4 Å². The van der Waals surface area contributed by atoms with E-state index in [2.05, 4.69) is 37.9 Å². The third-order valence-electron chi connectivity index (χ3n) is 4.10. The highest BCUT2D eigenvalue weighted by molar-refractivity contribution is 6.00. The average Bonchev–Trinajstić information content (AvgIpc) is 3.31. The van der Waals surface area contributed by atoms with Crippen molar-refractivity contribution in [3.05, 3.63) is 73.1 Å². The highest BCUT2D eigenvalue weighted by Crippen LogP contribution is 2.21. The van der Waals surface area contributed by atoms with Crippen LogP contribution in [0.5, 0.6) is 0 Å². The molecular formula is C19H17N5O. The lowest BCUT2D eigenvalue weighted by Crippen LogP contribution is -1.97. The Kier molecular flexibility index (Phi) is 3.78. The van der Waals surface area contributed by atoms with Crippen LogP contribution in [0.15, 0.2) is 72.7 Å². The molecule has 0 aliphatic heterocycles. The van der Waals surface area contributed by atoms with Crippen molar-refractivity contribution in [3.63, 3.8) is 0 Å². The fourth-order valence-electron chi connectivity index (χ4n) is 2.85. The number of hydrogen-bond donors (Lipinski definition) is 0. The molecule has 4 rings (SSSR count). The van der Waals surface area contributed by atoms with E-state index in [1.54, 1.807) is 19.6 Å². The summed E-state index contributed by atoms with van der Waals surface area (Å²) >= 11 is 0. The van der Waals surface area contributed by atoms with Gasteiger partial charge in [-0.2, -0.15) is 0 Å². The average molecular weight is 331 g/mol. The molecule has 124 valence electrons. The molecule has 0 aliphatic carbocycles. The first-order chi connectivity index (χ1) is 12.3. The molecule has 2 aromatic carbocycles. The molecule has 2 heterocycles. The molecular weight excluding hydrogens is 314 g/mol. The molecule has 0 N–H and O–H groups in total. The highest BCUT2D eigenvalue weighted by atomic mass is 16.6. The van der Waals surface area contributed by atoms with Crippen LogP contribution in [0.25, 0.3) is 22.4 Å². The second kappa shape index (κ2) is 6.24. The van der Waals surface area contributed by atoms with Gasteiger partial charge in [-0.15, -0.1) is 0 Å². The molecule has 2 aromatic heterocycles. The Labute approximate surface area is 145 Å². The molecule has 0 spiro atoms. The van der Waals surface area contributed by atoms with E-state index in [0.29, 0.717) is 0 Å². The number of benzene rings is 2. The molecule has 0 amide bonds. The molecule has 0 saturated heterocycles. The zero-order valence-electron chi connectivity index (χ0n) is 14.0. The SMILES string of the molecule is CO/N=C(\C)c1ccc2c(c1)ncn2-c1cccc(-n2ccnc2)c1. The molecule has 4 aromatic rings. The van der Waals surface area contributed by atoms with E-state index in [4.69, 9.17) is 4.84 Å². The zero-order chi connectivity index (χ0) is 17.2. The van der Waals surface area contributed by atoms with Gasteiger partial charge in [0.2, 0.25) is 0 Å². The summed E-state index contributed by atoms with van der Waals surface area (Å²) in [5, 5.41) is 3.98. The lowest BCUT2D eigenvalue weighted by atomic mass is 10.1. The Balaban J connectivity index is 1.78. The standard InChI is InChI=1S/C19H17N5O/c1-14(22-25-2)15-6-7-19-18(10-15)21-13-24(19)17-5-3-4-16(11-17)23-9-8-20-12-23/h3-13H,1-2H3/b22-14+. The summed E-state index contributed by atoms with van der Waals surface area (Å²) < 4.78 is 4.05. The topological polar surface area (TPSA) is 57.2 Å². The van der Waals surface area contributed by atoms with Crippen molar-refractivity contribution < 1.29 is 4.84 Å². The number of nitrogens with zero attached hydrogens (tertiary/aromatic N) is 5. The molecule has 0 fully saturated rings. The summed E-state index contributed by atoms with van der Waals surface area (Å²) in [4.78, 5) is 13.5. The van der Waals surface area contributed by atoms with Crippen LogP contribution in [-0.2, 0) is 4.84 Å². The van der Waals surface area contributed by atoms with E-state index in [0.717, 1.165) is 33.7 Å². The molecule has 25 heavy (non-hydrogen) atoms. The van der Waals surface area contributed by atoms with Gasteiger partial charge in [0, 0.05) is 29.3 Å². The van der Waals surface area contributed by atoms with Gasteiger partial charge in [-0.05, 0) is 37.3 Å². The van der Waals surface area contributed by atoms with Crippen molar-refractivity contribution in [2.45, 2.75) is 6.92 Å². The number of aromatic nitrogens is 4. The minimum Gasteiger partial charge on any atom is -0.399 e. The summed E-state index contributed by atoms with van der Waals surface area (Å²) in [5.74, 6) is 0. The quantitative estimate of drug-likeness (QED) is 0.424. The van der Waals surface area contributed by atoms with Gasteiger partial charge in [-0.25, -0.2) is 9.97 Å². The number of rotatable bonds is 4. The lowest BCUT2D eigenvalue weighted by Gasteiger charge is -2.08. The largest absolute Gasteiger partial charge is 0.399 e. The normalized spacial score (nSPS) is 11.8. The molecule has 0 unspecified atom stereocenters. The van der Waals surface area contributed by atoms with E-state index < -0.39 is 0 Å². The van der Waals surface area contributed by atoms with Gasteiger partial charge in [-0.1, -0.05) is 17.3 Å². The first kappa shape index (κ1) is 15.1. The van der Waals surface area contributed by atoms with Gasteiger partial charge in [-0.3, -0.25) is 4.57 Å². The smallest absolute Gasteiger partial charge is 0.106 e. The molecule has 6 nitrogen and oxygen atoms in total. The molecule has 0 saturated carbocycles. The number of fused-ring (bicyclic) bond motifs is 1. The van der Waals surface area contributed by atoms with Crippen LogP contribution in [0.3, 0.4) is 0 Å². The van der Waals surface area contributed by atoms with Crippen molar-refractivity contribution in [1.29, 1.82) is 0 Å². The van der Waals surface area contributed by atoms with Crippen LogP contribution in [0.1, 0.15) is 12.5 Å². The first-order valence-electron chi connectivity index (χ1n) is 7.90. The number of imidazole rings is 2. The van der Waals surface area contributed by atoms with Gasteiger partial charge in [0.05, 0.1) is 23.1 Å². The van der Waals surface area contributed by atoms with Gasteiger partial charge in [0.15, 0.2) is 0 Å². The summed E-state index contributed by atoms with van der Waals surface area (Å²) in [5.41, 5.74) is 5.86. The van der Waals surface area contributed by atoms with Crippen molar-refractivity contribution in [2.24, 2.45) is 5.16 Å². The Morgan fingerprint density at radius 2 is 1.96 bits per heavy atom. The van der Waals surface area contributed by atoms with Gasteiger partial charge >= 0.3 is 0 Å². The fraction of sp³-hybridized carbons (Fsp3) is 0.105. The van der Waals surface area contributed by atoms with Crippen molar-refractivity contribution in [1.82, 2.24) is 19.1 Å². The summed E-state index contributed by atoms with van der Waals surface area (Å²) in [6.45, 7) is 1.91. The van der Waals surface area contributed by atoms with E-state index in [9.17, 15) is 0 Å². The lowest BCUT2D eigenvalue weighted by molar-refractivity contribution is 0.213. The Morgan fingerprint density at radius 3 is 2.76 bits per heavy atom. The van der Waals surface area contributed by atoms with E-state index in [1.165, 1.54) is 0 Å². The van der Waals surface area contributed by atoms with E-state index in [-0.39, 0.29) is 0 Å². The molecule has 6 heteroatoms. The van der Waals surface area contributed by atoms with Crippen LogP contribution < -0.4 is 0 Å². The van der Waals surface area contributed by atoms with Crippen LogP contribution >= 0.6 is 0 Å². The second-order valence-corrected chi connectivity index (χ2v) is 5.67. The maximum absolute atomic E-state index is 4.85. The maximum Gasteiger partial charge on any atom is 0.106 e. The van der Waals surface area contributed by atoms with Gasteiger partial charge < -0.3 is 9.40 Å². The van der Waals surface area contributed by atoms with Crippen molar-refractivity contribution >= 4 is 16.7 Å². The Hall–Kier alpha value is -3.41.